The molecule has 0 amide bonds. The average Bonchev–Trinajstić information content (AvgIpc) is 3.84. The van der Waals surface area contributed by atoms with Crippen LogP contribution in [0.25, 0.3) is 55.2 Å². The van der Waals surface area contributed by atoms with Crippen molar-refractivity contribution in [2.75, 3.05) is 0 Å². The molecule has 10 rings (SSSR count). The predicted octanol–water partition coefficient (Wildman–Crippen LogP) is 12.4. The van der Waals surface area contributed by atoms with Crippen molar-refractivity contribution in [3.63, 3.8) is 0 Å². The number of hydrogen-bond acceptors (Lipinski definition) is 3. The van der Waals surface area contributed by atoms with Crippen molar-refractivity contribution in [3.8, 4) is 11.6 Å². The van der Waals surface area contributed by atoms with Crippen LogP contribution in [0.15, 0.2) is 163 Å². The number of benzene rings is 7. The molecule has 0 spiro atoms. The highest BCUT2D eigenvalue weighted by Gasteiger charge is 2.37. The van der Waals surface area contributed by atoms with Crippen LogP contribution in [0.4, 0.5) is 0 Å². The maximum absolute atomic E-state index is 5.85. The summed E-state index contributed by atoms with van der Waals surface area (Å²) < 4.78 is 4.70. The largest absolute Gasteiger partial charge is 0.309 e. The van der Waals surface area contributed by atoms with E-state index >= 15 is 0 Å². The molecule has 7 aromatic carbocycles. The van der Waals surface area contributed by atoms with E-state index < -0.39 is 0 Å². The first kappa shape index (κ1) is 47.2. The molecule has 0 atom stereocenters. The van der Waals surface area contributed by atoms with E-state index in [1.165, 1.54) is 88.2 Å². The maximum Gasteiger partial charge on any atom is 0.291 e. The summed E-state index contributed by atoms with van der Waals surface area (Å²) in [6.07, 6.45) is 5.50. The van der Waals surface area contributed by atoms with Crippen molar-refractivity contribution < 1.29 is 0 Å². The summed E-state index contributed by atoms with van der Waals surface area (Å²) in [6, 6.07) is 46.6. The molecule has 7 heteroatoms. The van der Waals surface area contributed by atoms with Crippen molar-refractivity contribution in [1.82, 2.24) is 24.1 Å². The summed E-state index contributed by atoms with van der Waals surface area (Å²) in [7, 11) is 0. The molecular weight excluding hydrogens is 860 g/mol. The zero-order valence-corrected chi connectivity index (χ0v) is 43.6. The van der Waals surface area contributed by atoms with Gasteiger partial charge in [0, 0.05) is 27.2 Å². The Kier molecular flexibility index (Phi) is 12.4. The van der Waals surface area contributed by atoms with Crippen molar-refractivity contribution in [1.29, 1.82) is 0 Å². The van der Waals surface area contributed by atoms with Gasteiger partial charge in [0.2, 0.25) is 5.95 Å². The second-order valence-corrected chi connectivity index (χ2v) is 20.3. The lowest BCUT2D eigenvalue weighted by atomic mass is 9.35. The second-order valence-electron chi connectivity index (χ2n) is 20.3. The third-order valence-corrected chi connectivity index (χ3v) is 14.8. The van der Waals surface area contributed by atoms with Crippen molar-refractivity contribution in [3.05, 3.63) is 213 Å². The Morgan fingerprint density at radius 1 is 0.507 bits per heavy atom. The highest BCUT2D eigenvalue weighted by Crippen LogP contribution is 2.42. The number of nitrogens with zero attached hydrogens (tertiary/aromatic N) is 5. The van der Waals surface area contributed by atoms with E-state index in [4.69, 9.17) is 21.5 Å². The van der Waals surface area contributed by atoms with Gasteiger partial charge < -0.3 is 4.57 Å². The van der Waals surface area contributed by atoms with Crippen LogP contribution in [0.5, 0.6) is 0 Å². The zero-order chi connectivity index (χ0) is 50.0. The minimum Gasteiger partial charge on any atom is -0.309 e. The number of hydrogen-bond donors (Lipinski definition) is 0. The number of allylic oxidation sites excluding steroid dienone is 5. The fourth-order valence-electron chi connectivity index (χ4n) is 12.2. The molecule has 0 saturated heterocycles. The van der Waals surface area contributed by atoms with E-state index in [2.05, 4.69) is 232 Å². The van der Waals surface area contributed by atoms with Crippen molar-refractivity contribution in [2.24, 2.45) is 0 Å². The summed E-state index contributed by atoms with van der Waals surface area (Å²) >= 11 is 0. The first-order valence-corrected chi connectivity index (χ1v) is 25.2. The van der Waals surface area contributed by atoms with E-state index in [-0.39, 0.29) is 13.4 Å². The van der Waals surface area contributed by atoms with Gasteiger partial charge in [-0.2, -0.15) is 0 Å². The number of aromatic nitrogens is 5. The molecule has 0 saturated carbocycles. The molecule has 10 aromatic rings. The first-order valence-electron chi connectivity index (χ1n) is 25.2. The average molecular weight is 924 g/mol. The van der Waals surface area contributed by atoms with Gasteiger partial charge in [0.25, 0.3) is 13.4 Å². The van der Waals surface area contributed by atoms with Gasteiger partial charge in [0.15, 0.2) is 0 Å². The topological polar surface area (TPSA) is 48.5 Å². The van der Waals surface area contributed by atoms with Crippen molar-refractivity contribution >= 4 is 84.9 Å². The van der Waals surface area contributed by atoms with Crippen LogP contribution in [0, 0.1) is 62.3 Å². The number of para-hydroxylation sites is 3. The SMILES string of the molecule is C=C(B(c1nc(B(c2c(C)cc(C)cc2C)c2c(C)cc(C)cc2C)nc(-n2c3ccccc3c3c4c5ccccc5n(-c5ccccc5)c4ccc32)n1)c1c(C)cc(C)cc1C)/C(C)=C\C(C)=C/CC. The monoisotopic (exact) mass is 924 g/mol. The molecule has 0 aliphatic carbocycles. The van der Waals surface area contributed by atoms with Gasteiger partial charge in [-0.3, -0.25) is 4.57 Å². The van der Waals surface area contributed by atoms with E-state index in [9.17, 15) is 0 Å². The molecular formula is C64H63B2N5. The third kappa shape index (κ3) is 8.25. The molecule has 0 bridgehead atoms. The quantitative estimate of drug-likeness (QED) is 0.0959. The van der Waals surface area contributed by atoms with Crippen LogP contribution >= 0.6 is 0 Å². The Morgan fingerprint density at radius 2 is 0.944 bits per heavy atom. The molecule has 0 fully saturated rings. The molecule has 0 radical (unpaired) electrons. The molecule has 350 valence electrons. The highest BCUT2D eigenvalue weighted by molar-refractivity contribution is 6.96. The van der Waals surface area contributed by atoms with Crippen LogP contribution in [0.1, 0.15) is 77.3 Å². The minimum absolute atomic E-state index is 0.305. The minimum atomic E-state index is -0.383. The third-order valence-electron chi connectivity index (χ3n) is 14.8. The summed E-state index contributed by atoms with van der Waals surface area (Å²) in [4.78, 5) is 17.5. The molecule has 0 unspecified atom stereocenters. The van der Waals surface area contributed by atoms with Crippen LogP contribution in [-0.2, 0) is 0 Å². The van der Waals surface area contributed by atoms with Crippen molar-refractivity contribution in [2.45, 2.75) is 89.5 Å². The maximum atomic E-state index is 5.85. The summed E-state index contributed by atoms with van der Waals surface area (Å²) in [5.74, 6) is 0.584. The Hall–Kier alpha value is -7.50. The normalized spacial score (nSPS) is 12.2. The molecule has 3 heterocycles. The molecule has 0 aliphatic heterocycles. The smallest absolute Gasteiger partial charge is 0.291 e. The molecule has 0 aliphatic rings. The molecule has 0 N–H and O–H groups in total. The summed E-state index contributed by atoms with van der Waals surface area (Å²) in [5.41, 5.74) is 24.7. The fourth-order valence-corrected chi connectivity index (χ4v) is 12.2. The number of fused-ring (bicyclic) bond motifs is 7. The van der Waals surface area contributed by atoms with Crippen LogP contribution in [0.3, 0.4) is 0 Å². The highest BCUT2D eigenvalue weighted by atomic mass is 15.2. The van der Waals surface area contributed by atoms with Gasteiger partial charge in [-0.25, -0.2) is 15.0 Å². The Bertz CT molecular complexity index is 3720. The van der Waals surface area contributed by atoms with E-state index in [1.54, 1.807) is 0 Å². The second kappa shape index (κ2) is 18.7. The van der Waals surface area contributed by atoms with Crippen LogP contribution in [0.2, 0.25) is 0 Å². The lowest BCUT2D eigenvalue weighted by Gasteiger charge is -2.26. The Morgan fingerprint density at radius 3 is 1.45 bits per heavy atom. The molecule has 71 heavy (non-hydrogen) atoms. The summed E-state index contributed by atoms with van der Waals surface area (Å²) in [5, 5.41) is 4.71. The molecule has 3 aromatic heterocycles. The predicted molar refractivity (Wildman–Crippen MR) is 307 cm³/mol. The lowest BCUT2D eigenvalue weighted by molar-refractivity contribution is 0.981. The van der Waals surface area contributed by atoms with Gasteiger partial charge in [-0.05, 0) is 119 Å². The van der Waals surface area contributed by atoms with Gasteiger partial charge >= 0.3 is 0 Å². The Labute approximate surface area is 420 Å². The van der Waals surface area contributed by atoms with Gasteiger partial charge in [0.1, 0.15) is 11.4 Å². The van der Waals surface area contributed by atoms with Gasteiger partial charge in [0.05, 0.1) is 22.1 Å². The standard InChI is InChI=1S/C64H63B2N5/c1-14-22-38(2)31-42(6)49(13)65(59-43(7)32-39(3)33-44(59)8)62-67-63(66(60-45(9)34-40(4)35-46(60)10)61-47(11)36-41(5)37-48(61)12)69-64(68-62)71-54-28-21-19-26-52(54)58-56(71)30-29-55-57(58)51-25-18-20-27-53(51)70(55)50-23-16-15-17-24-50/h15-37H,13-14H2,1-12H3/b38-22-,42-31-. The van der Waals surface area contributed by atoms with Crippen LogP contribution in [-0.4, -0.2) is 37.5 Å². The lowest BCUT2D eigenvalue weighted by Crippen LogP contribution is -2.61. The number of rotatable bonds is 11. The zero-order valence-electron chi connectivity index (χ0n) is 43.6. The van der Waals surface area contributed by atoms with Crippen LogP contribution < -0.4 is 27.8 Å². The van der Waals surface area contributed by atoms with Gasteiger partial charge in [-0.1, -0.05) is 193 Å². The van der Waals surface area contributed by atoms with E-state index in [0.29, 0.717) is 17.4 Å². The number of aryl methyl sites for hydroxylation is 9. The fraction of sp³-hybridized carbons (Fsp3) is 0.203. The van der Waals surface area contributed by atoms with E-state index in [1.807, 2.05) is 0 Å². The van der Waals surface area contributed by atoms with Gasteiger partial charge in [-0.15, -0.1) is 6.58 Å². The summed E-state index contributed by atoms with van der Waals surface area (Å²) in [6.45, 7) is 30.8. The Balaban J connectivity index is 1.37. The molecule has 5 nitrogen and oxygen atoms in total. The first-order chi connectivity index (χ1) is 34.1. The van der Waals surface area contributed by atoms with E-state index in [0.717, 1.165) is 50.6 Å².